The van der Waals surface area contributed by atoms with Gasteiger partial charge in [-0.15, -0.1) is 0 Å². The van der Waals surface area contributed by atoms with Crippen molar-refractivity contribution >= 4 is 16.9 Å². The lowest BCUT2D eigenvalue weighted by atomic mass is 10.0. The van der Waals surface area contributed by atoms with Gasteiger partial charge in [-0.05, 0) is 31.0 Å². The van der Waals surface area contributed by atoms with E-state index in [1.165, 1.54) is 17.5 Å². The van der Waals surface area contributed by atoms with E-state index >= 15 is 0 Å². The van der Waals surface area contributed by atoms with Crippen LogP contribution in [0.25, 0.3) is 11.0 Å². The molecule has 3 heterocycles. The van der Waals surface area contributed by atoms with Gasteiger partial charge in [-0.1, -0.05) is 0 Å². The van der Waals surface area contributed by atoms with E-state index in [4.69, 9.17) is 5.73 Å². The lowest BCUT2D eigenvalue weighted by Gasteiger charge is -2.11. The number of rotatable bonds is 0. The molecule has 0 atom stereocenters. The first-order valence-electron chi connectivity index (χ1n) is 5.81. The lowest BCUT2D eigenvalue weighted by Crippen LogP contribution is -2.20. The van der Waals surface area contributed by atoms with Gasteiger partial charge in [0.2, 0.25) is 0 Å². The quantitative estimate of drug-likeness (QED) is 0.718. The van der Waals surface area contributed by atoms with E-state index in [1.54, 1.807) is 0 Å². The molecule has 1 aliphatic heterocycles. The van der Waals surface area contributed by atoms with Gasteiger partial charge in [0.15, 0.2) is 5.65 Å². The number of hydrogen-bond acceptors (Lipinski definition) is 5. The number of nitrogens with zero attached hydrogens (tertiary/aromatic N) is 4. The highest BCUT2D eigenvalue weighted by Gasteiger charge is 2.16. The average molecular weight is 229 g/mol. The SMILES string of the molecule is CN1CCc2cnc3ncnc(N)c3c2CC1. The van der Waals surface area contributed by atoms with E-state index in [-0.39, 0.29) is 0 Å². The summed E-state index contributed by atoms with van der Waals surface area (Å²) in [6.07, 6.45) is 5.41. The van der Waals surface area contributed by atoms with E-state index in [0.717, 1.165) is 31.3 Å². The lowest BCUT2D eigenvalue weighted by molar-refractivity contribution is 0.352. The molecule has 0 aromatic carbocycles. The first kappa shape index (κ1) is 10.4. The van der Waals surface area contributed by atoms with Crippen LogP contribution in [0.3, 0.4) is 0 Å². The zero-order chi connectivity index (χ0) is 11.8. The van der Waals surface area contributed by atoms with Crippen molar-refractivity contribution in [3.05, 3.63) is 23.7 Å². The second-order valence-electron chi connectivity index (χ2n) is 4.52. The van der Waals surface area contributed by atoms with Gasteiger partial charge >= 0.3 is 0 Å². The summed E-state index contributed by atoms with van der Waals surface area (Å²) in [5, 5.41) is 0.945. The Morgan fingerprint density at radius 2 is 2.00 bits per heavy atom. The van der Waals surface area contributed by atoms with Gasteiger partial charge in [-0.2, -0.15) is 0 Å². The van der Waals surface area contributed by atoms with Crippen molar-refractivity contribution in [2.75, 3.05) is 25.9 Å². The van der Waals surface area contributed by atoms with Gasteiger partial charge in [-0.3, -0.25) is 0 Å². The Balaban J connectivity index is 2.24. The first-order valence-corrected chi connectivity index (χ1v) is 5.81. The fourth-order valence-electron chi connectivity index (χ4n) is 2.38. The van der Waals surface area contributed by atoms with Crippen molar-refractivity contribution < 1.29 is 0 Å². The molecule has 2 aromatic heterocycles. The molecule has 88 valence electrons. The first-order chi connectivity index (χ1) is 8.25. The fourth-order valence-corrected chi connectivity index (χ4v) is 2.38. The van der Waals surface area contributed by atoms with Crippen LogP contribution in [-0.2, 0) is 12.8 Å². The van der Waals surface area contributed by atoms with Crippen molar-refractivity contribution in [3.8, 4) is 0 Å². The summed E-state index contributed by atoms with van der Waals surface area (Å²) in [5.74, 6) is 0.545. The van der Waals surface area contributed by atoms with Gasteiger partial charge in [0.05, 0.1) is 5.39 Å². The minimum atomic E-state index is 0.545. The maximum absolute atomic E-state index is 5.96. The van der Waals surface area contributed by atoms with Gasteiger partial charge in [-0.25, -0.2) is 15.0 Å². The minimum Gasteiger partial charge on any atom is -0.383 e. The molecule has 0 radical (unpaired) electrons. The maximum atomic E-state index is 5.96. The highest BCUT2D eigenvalue weighted by molar-refractivity contribution is 5.89. The largest absolute Gasteiger partial charge is 0.383 e. The van der Waals surface area contributed by atoms with Crippen molar-refractivity contribution in [2.24, 2.45) is 0 Å². The van der Waals surface area contributed by atoms with E-state index in [1.807, 2.05) is 6.20 Å². The second kappa shape index (κ2) is 3.92. The predicted octanol–water partition coefficient (Wildman–Crippen LogP) is 0.637. The number of anilines is 1. The van der Waals surface area contributed by atoms with E-state index in [0.29, 0.717) is 11.5 Å². The molecule has 1 aliphatic rings. The van der Waals surface area contributed by atoms with Gasteiger partial charge in [0.25, 0.3) is 0 Å². The second-order valence-corrected chi connectivity index (χ2v) is 4.52. The molecule has 0 saturated carbocycles. The highest BCUT2D eigenvalue weighted by Crippen LogP contribution is 2.25. The van der Waals surface area contributed by atoms with Gasteiger partial charge in [0, 0.05) is 19.3 Å². The molecule has 0 spiro atoms. The smallest absolute Gasteiger partial charge is 0.164 e. The summed E-state index contributed by atoms with van der Waals surface area (Å²) in [7, 11) is 2.14. The molecule has 17 heavy (non-hydrogen) atoms. The number of nitrogen functional groups attached to an aromatic ring is 1. The maximum Gasteiger partial charge on any atom is 0.164 e. The van der Waals surface area contributed by atoms with Crippen LogP contribution >= 0.6 is 0 Å². The molecule has 0 saturated heterocycles. The Bertz CT molecular complexity index is 566. The molecule has 0 unspecified atom stereocenters. The number of pyridine rings is 1. The zero-order valence-electron chi connectivity index (χ0n) is 9.85. The summed E-state index contributed by atoms with van der Waals surface area (Å²) < 4.78 is 0. The van der Waals surface area contributed by atoms with Crippen LogP contribution in [0, 0.1) is 0 Å². The standard InChI is InChI=1S/C12H15N5/c1-17-4-2-8-6-14-12-10(9(8)3-5-17)11(13)15-7-16-12/h6-7H,2-5H2,1H3,(H2,13,14,15,16). The Morgan fingerprint density at radius 3 is 2.88 bits per heavy atom. The van der Waals surface area contributed by atoms with Crippen molar-refractivity contribution in [1.29, 1.82) is 0 Å². The molecular weight excluding hydrogens is 214 g/mol. The zero-order valence-corrected chi connectivity index (χ0v) is 9.85. The normalized spacial score (nSPS) is 16.8. The summed E-state index contributed by atoms with van der Waals surface area (Å²) >= 11 is 0. The number of fused-ring (bicyclic) bond motifs is 3. The summed E-state index contributed by atoms with van der Waals surface area (Å²) in [4.78, 5) is 15.0. The molecule has 2 aromatic rings. The van der Waals surface area contributed by atoms with Crippen molar-refractivity contribution in [1.82, 2.24) is 19.9 Å². The third-order valence-electron chi connectivity index (χ3n) is 3.40. The summed E-state index contributed by atoms with van der Waals surface area (Å²) in [6.45, 7) is 2.11. The van der Waals surface area contributed by atoms with Crippen LogP contribution in [0.4, 0.5) is 5.82 Å². The van der Waals surface area contributed by atoms with Crippen LogP contribution in [0.5, 0.6) is 0 Å². The number of likely N-dealkylation sites (N-methyl/N-ethyl adjacent to an activating group) is 1. The molecule has 0 amide bonds. The summed E-state index contributed by atoms with van der Waals surface area (Å²) in [6, 6.07) is 0. The molecule has 0 aliphatic carbocycles. The molecule has 3 rings (SSSR count). The number of hydrogen-bond donors (Lipinski definition) is 1. The van der Waals surface area contributed by atoms with E-state index in [9.17, 15) is 0 Å². The molecule has 0 fully saturated rings. The Kier molecular flexibility index (Phi) is 2.40. The Labute approximate surface area is 99.7 Å². The van der Waals surface area contributed by atoms with Crippen LogP contribution in [0.2, 0.25) is 0 Å². The Hall–Kier alpha value is -1.75. The third-order valence-corrected chi connectivity index (χ3v) is 3.40. The molecular formula is C12H15N5. The van der Waals surface area contributed by atoms with Crippen molar-refractivity contribution in [3.63, 3.8) is 0 Å². The van der Waals surface area contributed by atoms with E-state index in [2.05, 4.69) is 26.9 Å². The fraction of sp³-hybridized carbons (Fsp3) is 0.417. The third kappa shape index (κ3) is 1.72. The van der Waals surface area contributed by atoms with E-state index < -0.39 is 0 Å². The number of nitrogens with two attached hydrogens (primary N) is 1. The molecule has 5 nitrogen and oxygen atoms in total. The molecule has 0 bridgehead atoms. The highest BCUT2D eigenvalue weighted by atomic mass is 15.1. The van der Waals surface area contributed by atoms with Crippen LogP contribution in [0.1, 0.15) is 11.1 Å². The van der Waals surface area contributed by atoms with Crippen LogP contribution in [-0.4, -0.2) is 40.0 Å². The minimum absolute atomic E-state index is 0.545. The van der Waals surface area contributed by atoms with Gasteiger partial charge in [0.1, 0.15) is 12.1 Å². The predicted molar refractivity (Wildman–Crippen MR) is 66.7 cm³/mol. The Morgan fingerprint density at radius 1 is 1.18 bits per heavy atom. The van der Waals surface area contributed by atoms with Crippen molar-refractivity contribution in [2.45, 2.75) is 12.8 Å². The van der Waals surface area contributed by atoms with Crippen LogP contribution < -0.4 is 5.73 Å². The van der Waals surface area contributed by atoms with Gasteiger partial charge < -0.3 is 10.6 Å². The monoisotopic (exact) mass is 229 g/mol. The summed E-state index contributed by atoms with van der Waals surface area (Å²) in [5.41, 5.74) is 9.23. The van der Waals surface area contributed by atoms with Crippen LogP contribution in [0.15, 0.2) is 12.5 Å². The topological polar surface area (TPSA) is 67.9 Å². The molecule has 2 N–H and O–H groups in total. The number of aromatic nitrogens is 3. The average Bonchev–Trinajstić information content (AvgIpc) is 2.52. The molecule has 5 heteroatoms.